The zero-order valence-electron chi connectivity index (χ0n) is 12.1. The van der Waals surface area contributed by atoms with Crippen molar-refractivity contribution in [2.24, 2.45) is 0 Å². The number of aliphatic hydroxyl groups excluding tert-OH is 1. The van der Waals surface area contributed by atoms with E-state index in [9.17, 15) is 0 Å². The normalized spacial score (nSPS) is 16.3. The molecule has 9 heteroatoms. The second-order valence-electron chi connectivity index (χ2n) is 4.53. The number of rotatable bonds is 9. The minimum Gasteiger partial charge on any atom is -0.394 e. The fraction of sp³-hybridized carbons (Fsp3) is 1.00. The van der Waals surface area contributed by atoms with Crippen molar-refractivity contribution in [2.75, 3.05) is 39.6 Å². The highest BCUT2D eigenvalue weighted by molar-refractivity contribution is 7.79. The summed E-state index contributed by atoms with van der Waals surface area (Å²) in [5.74, 6) is 0. The third-order valence-electron chi connectivity index (χ3n) is 2.74. The molecule has 1 fully saturated rings. The van der Waals surface area contributed by atoms with Crippen molar-refractivity contribution >= 4 is 10.4 Å². The average molecular weight is 330 g/mol. The fourth-order valence-electron chi connectivity index (χ4n) is 1.89. The van der Waals surface area contributed by atoms with E-state index in [4.69, 9.17) is 36.8 Å². The van der Waals surface area contributed by atoms with Crippen LogP contribution < -0.4 is 0 Å². The highest BCUT2D eigenvalue weighted by Gasteiger charge is 2.12. The smallest absolute Gasteiger partial charge is 0.394 e. The molecule has 0 atom stereocenters. The van der Waals surface area contributed by atoms with Gasteiger partial charge in [0, 0.05) is 0 Å². The maximum atomic E-state index is 8.74. The third-order valence-corrected chi connectivity index (χ3v) is 2.74. The zero-order chi connectivity index (χ0) is 16.0. The van der Waals surface area contributed by atoms with Crippen LogP contribution in [-0.2, 0) is 24.6 Å². The Labute approximate surface area is 126 Å². The first kappa shape index (κ1) is 20.7. The topological polar surface area (TPSA) is 123 Å². The summed E-state index contributed by atoms with van der Waals surface area (Å²) in [7, 11) is -4.67. The van der Waals surface area contributed by atoms with E-state index in [-0.39, 0.29) is 6.61 Å². The number of hydrogen-bond donors (Lipinski definition) is 3. The van der Waals surface area contributed by atoms with Crippen LogP contribution in [0.15, 0.2) is 0 Å². The largest absolute Gasteiger partial charge is 0.394 e. The van der Waals surface area contributed by atoms with Crippen LogP contribution in [0.3, 0.4) is 0 Å². The SMILES string of the molecule is O=S(=O)(O)O.OCCOCCOCCOC1CCCCC1. The number of hydrogen-bond acceptors (Lipinski definition) is 6. The molecular formula is C12H26O8S. The summed E-state index contributed by atoms with van der Waals surface area (Å²) in [6.45, 7) is 2.91. The molecule has 0 aromatic carbocycles. The van der Waals surface area contributed by atoms with Gasteiger partial charge in [-0.05, 0) is 12.8 Å². The van der Waals surface area contributed by atoms with Gasteiger partial charge in [0.15, 0.2) is 0 Å². The van der Waals surface area contributed by atoms with E-state index in [0.717, 1.165) is 0 Å². The molecule has 128 valence electrons. The average Bonchev–Trinajstić information content (AvgIpc) is 2.41. The summed E-state index contributed by atoms with van der Waals surface area (Å²) in [6, 6.07) is 0. The molecule has 0 unspecified atom stereocenters. The quantitative estimate of drug-likeness (QED) is 0.417. The van der Waals surface area contributed by atoms with Gasteiger partial charge < -0.3 is 19.3 Å². The van der Waals surface area contributed by atoms with Crippen LogP contribution in [0, 0.1) is 0 Å². The van der Waals surface area contributed by atoms with Crippen LogP contribution in [0.4, 0.5) is 0 Å². The van der Waals surface area contributed by atoms with E-state index in [1.54, 1.807) is 0 Å². The van der Waals surface area contributed by atoms with Crippen LogP contribution in [0.1, 0.15) is 32.1 Å². The summed E-state index contributed by atoms with van der Waals surface area (Å²) in [5.41, 5.74) is 0. The van der Waals surface area contributed by atoms with Gasteiger partial charge in [-0.1, -0.05) is 19.3 Å². The summed E-state index contributed by atoms with van der Waals surface area (Å²) in [6.07, 6.45) is 6.85. The molecule has 0 amide bonds. The van der Waals surface area contributed by atoms with Crippen molar-refractivity contribution < 1.29 is 36.8 Å². The molecular weight excluding hydrogens is 304 g/mol. The molecule has 0 aromatic heterocycles. The molecule has 0 aromatic rings. The molecule has 1 aliphatic rings. The van der Waals surface area contributed by atoms with Gasteiger partial charge in [0.2, 0.25) is 0 Å². The lowest BCUT2D eigenvalue weighted by atomic mass is 9.98. The molecule has 1 aliphatic carbocycles. The van der Waals surface area contributed by atoms with E-state index in [1.165, 1.54) is 32.1 Å². The van der Waals surface area contributed by atoms with Crippen molar-refractivity contribution in [3.05, 3.63) is 0 Å². The van der Waals surface area contributed by atoms with Gasteiger partial charge in [0.05, 0.1) is 45.7 Å². The van der Waals surface area contributed by atoms with Crippen molar-refractivity contribution in [1.82, 2.24) is 0 Å². The van der Waals surface area contributed by atoms with Crippen LogP contribution >= 0.6 is 0 Å². The van der Waals surface area contributed by atoms with E-state index in [1.807, 2.05) is 0 Å². The van der Waals surface area contributed by atoms with E-state index in [0.29, 0.717) is 39.1 Å². The molecule has 3 N–H and O–H groups in total. The van der Waals surface area contributed by atoms with Gasteiger partial charge in [-0.3, -0.25) is 9.11 Å². The van der Waals surface area contributed by atoms with Gasteiger partial charge in [-0.2, -0.15) is 8.42 Å². The Morgan fingerprint density at radius 2 is 1.33 bits per heavy atom. The number of aliphatic hydroxyl groups is 1. The number of ether oxygens (including phenoxy) is 3. The maximum absolute atomic E-state index is 8.74. The van der Waals surface area contributed by atoms with Crippen LogP contribution in [-0.4, -0.2) is 68.4 Å². The first-order valence-electron chi connectivity index (χ1n) is 7.01. The lowest BCUT2D eigenvalue weighted by molar-refractivity contribution is -0.0240. The zero-order valence-corrected chi connectivity index (χ0v) is 13.0. The minimum absolute atomic E-state index is 0.0742. The van der Waals surface area contributed by atoms with Crippen LogP contribution in [0.25, 0.3) is 0 Å². The summed E-state index contributed by atoms with van der Waals surface area (Å²) in [4.78, 5) is 0. The Bertz CT molecular complexity index is 305. The molecule has 8 nitrogen and oxygen atoms in total. The fourth-order valence-corrected chi connectivity index (χ4v) is 1.89. The molecule has 1 saturated carbocycles. The molecule has 0 saturated heterocycles. The standard InChI is InChI=1S/C12H24O4.H2O4S/c13-6-7-14-8-9-15-10-11-16-12-4-2-1-3-5-12;1-5(2,3)4/h12-13H,1-11H2;(H2,1,2,3,4). The highest BCUT2D eigenvalue weighted by Crippen LogP contribution is 2.19. The van der Waals surface area contributed by atoms with E-state index >= 15 is 0 Å². The third kappa shape index (κ3) is 19.7. The molecule has 0 radical (unpaired) electrons. The van der Waals surface area contributed by atoms with Gasteiger partial charge in [-0.25, -0.2) is 0 Å². The molecule has 0 bridgehead atoms. The molecule has 0 heterocycles. The molecule has 0 spiro atoms. The summed E-state index contributed by atoms with van der Waals surface area (Å²) in [5, 5.41) is 8.47. The van der Waals surface area contributed by atoms with Crippen molar-refractivity contribution in [1.29, 1.82) is 0 Å². The first-order chi connectivity index (χ1) is 9.93. The van der Waals surface area contributed by atoms with Gasteiger partial charge in [0.25, 0.3) is 0 Å². The summed E-state index contributed by atoms with van der Waals surface area (Å²) >= 11 is 0. The Balaban J connectivity index is 0.000000690. The lowest BCUT2D eigenvalue weighted by Crippen LogP contribution is -2.19. The van der Waals surface area contributed by atoms with Crippen molar-refractivity contribution in [2.45, 2.75) is 38.2 Å². The predicted molar refractivity (Wildman–Crippen MR) is 75.7 cm³/mol. The van der Waals surface area contributed by atoms with Crippen molar-refractivity contribution in [3.63, 3.8) is 0 Å². The molecule has 21 heavy (non-hydrogen) atoms. The molecule has 1 rings (SSSR count). The van der Waals surface area contributed by atoms with Gasteiger partial charge >= 0.3 is 10.4 Å². The Morgan fingerprint density at radius 3 is 1.86 bits per heavy atom. The summed E-state index contributed by atoms with van der Waals surface area (Å²) < 4.78 is 47.7. The van der Waals surface area contributed by atoms with Crippen molar-refractivity contribution in [3.8, 4) is 0 Å². The van der Waals surface area contributed by atoms with Gasteiger partial charge in [-0.15, -0.1) is 0 Å². The molecule has 0 aliphatic heterocycles. The Hall–Kier alpha value is -0.290. The van der Waals surface area contributed by atoms with Gasteiger partial charge in [0.1, 0.15) is 0 Å². The van der Waals surface area contributed by atoms with Crippen LogP contribution in [0.5, 0.6) is 0 Å². The highest BCUT2D eigenvalue weighted by atomic mass is 32.3. The predicted octanol–water partition coefficient (Wildman–Crippen LogP) is 0.708. The monoisotopic (exact) mass is 330 g/mol. The minimum atomic E-state index is -4.67. The van der Waals surface area contributed by atoms with Crippen LogP contribution in [0.2, 0.25) is 0 Å². The second-order valence-corrected chi connectivity index (χ2v) is 5.42. The van der Waals surface area contributed by atoms with E-state index < -0.39 is 10.4 Å². The van der Waals surface area contributed by atoms with E-state index in [2.05, 4.69) is 0 Å². The lowest BCUT2D eigenvalue weighted by Gasteiger charge is -2.21. The Kier molecular flexibility index (Phi) is 13.2. The Morgan fingerprint density at radius 1 is 0.857 bits per heavy atom. The second kappa shape index (κ2) is 13.4. The first-order valence-corrected chi connectivity index (χ1v) is 8.41. The maximum Gasteiger partial charge on any atom is 0.394 e.